The minimum atomic E-state index is 0.354. The highest BCUT2D eigenvalue weighted by Gasteiger charge is 2.06. The molecule has 0 aromatic heterocycles. The van der Waals surface area contributed by atoms with Crippen molar-refractivity contribution in [1.29, 1.82) is 0 Å². The summed E-state index contributed by atoms with van der Waals surface area (Å²) in [5.41, 5.74) is 8.23. The van der Waals surface area contributed by atoms with Gasteiger partial charge in [0.1, 0.15) is 4.99 Å². The number of hydrogen-bond acceptors (Lipinski definition) is 2. The number of thiocarbonyl (C=S) groups is 1. The van der Waals surface area contributed by atoms with Crippen LogP contribution in [-0.4, -0.2) is 4.99 Å². The van der Waals surface area contributed by atoms with Gasteiger partial charge >= 0.3 is 0 Å². The average Bonchev–Trinajstić information content (AvgIpc) is 2.28. The largest absolute Gasteiger partial charge is 0.389 e. The van der Waals surface area contributed by atoms with Crippen LogP contribution in [0, 0.1) is 0 Å². The van der Waals surface area contributed by atoms with E-state index in [0.29, 0.717) is 10.0 Å². The van der Waals surface area contributed by atoms with Gasteiger partial charge in [0.2, 0.25) is 0 Å². The zero-order valence-corrected chi connectivity index (χ0v) is 12.4. The number of anilines is 2. The maximum absolute atomic E-state index is 5.94. The first kappa shape index (κ1) is 13.3. The van der Waals surface area contributed by atoms with Crippen molar-refractivity contribution in [3.8, 4) is 0 Å². The minimum absolute atomic E-state index is 0.354. The third kappa shape index (κ3) is 3.22. The van der Waals surface area contributed by atoms with Gasteiger partial charge in [-0.1, -0.05) is 45.8 Å². The zero-order chi connectivity index (χ0) is 13.1. The molecule has 5 heteroatoms. The Morgan fingerprint density at radius 2 is 2.00 bits per heavy atom. The van der Waals surface area contributed by atoms with E-state index < -0.39 is 0 Å². The molecule has 0 radical (unpaired) electrons. The molecular formula is C13H10BrClN2S. The summed E-state index contributed by atoms with van der Waals surface area (Å²) in [5, 5.41) is 3.93. The summed E-state index contributed by atoms with van der Waals surface area (Å²) in [4.78, 5) is 0.354. The first-order valence-electron chi connectivity index (χ1n) is 5.18. The molecule has 2 nitrogen and oxygen atoms in total. The molecule has 0 fully saturated rings. The van der Waals surface area contributed by atoms with Gasteiger partial charge in [0, 0.05) is 26.4 Å². The van der Waals surface area contributed by atoms with E-state index in [4.69, 9.17) is 29.6 Å². The maximum Gasteiger partial charge on any atom is 0.106 e. The highest BCUT2D eigenvalue weighted by Crippen LogP contribution is 2.26. The molecule has 0 aliphatic carbocycles. The molecule has 2 aromatic carbocycles. The van der Waals surface area contributed by atoms with Gasteiger partial charge in [-0.05, 0) is 36.4 Å². The molecule has 2 aromatic rings. The Labute approximate surface area is 124 Å². The fourth-order valence-corrected chi connectivity index (χ4v) is 2.29. The number of nitrogens with one attached hydrogen (secondary N) is 1. The molecule has 0 aliphatic heterocycles. The van der Waals surface area contributed by atoms with Crippen molar-refractivity contribution in [3.05, 3.63) is 57.5 Å². The van der Waals surface area contributed by atoms with Gasteiger partial charge in [0.15, 0.2) is 0 Å². The summed E-state index contributed by atoms with van der Waals surface area (Å²) in [6.07, 6.45) is 0. The molecule has 92 valence electrons. The second-order valence-corrected chi connectivity index (χ2v) is 5.48. The summed E-state index contributed by atoms with van der Waals surface area (Å²) in [6, 6.07) is 13.2. The topological polar surface area (TPSA) is 38.0 Å². The highest BCUT2D eigenvalue weighted by molar-refractivity contribution is 9.10. The van der Waals surface area contributed by atoms with Crippen molar-refractivity contribution in [2.75, 3.05) is 5.32 Å². The smallest absolute Gasteiger partial charge is 0.106 e. The standard InChI is InChI=1S/C13H10BrClN2S/c14-8-4-5-11(13(16)18)12(6-8)17-10-3-1-2-9(15)7-10/h1-7,17H,(H2,16,18). The fourth-order valence-electron chi connectivity index (χ4n) is 1.56. The van der Waals surface area contributed by atoms with Gasteiger partial charge in [-0.2, -0.15) is 0 Å². The highest BCUT2D eigenvalue weighted by atomic mass is 79.9. The minimum Gasteiger partial charge on any atom is -0.389 e. The van der Waals surface area contributed by atoms with E-state index in [1.807, 2.05) is 42.5 Å². The monoisotopic (exact) mass is 340 g/mol. The van der Waals surface area contributed by atoms with E-state index in [2.05, 4.69) is 21.2 Å². The number of benzene rings is 2. The molecule has 3 N–H and O–H groups in total. The Balaban J connectivity index is 2.39. The second-order valence-electron chi connectivity index (χ2n) is 3.69. The maximum atomic E-state index is 5.94. The third-order valence-electron chi connectivity index (χ3n) is 2.35. The van der Waals surface area contributed by atoms with Crippen molar-refractivity contribution in [1.82, 2.24) is 0 Å². The van der Waals surface area contributed by atoms with Crippen LogP contribution in [0.3, 0.4) is 0 Å². The summed E-state index contributed by atoms with van der Waals surface area (Å²) < 4.78 is 0.951. The molecular weight excluding hydrogens is 332 g/mol. The van der Waals surface area contributed by atoms with Crippen molar-refractivity contribution in [2.24, 2.45) is 5.73 Å². The van der Waals surface area contributed by atoms with Gasteiger partial charge in [-0.25, -0.2) is 0 Å². The molecule has 0 saturated carbocycles. The number of nitrogens with two attached hydrogens (primary N) is 1. The quantitative estimate of drug-likeness (QED) is 0.808. The van der Waals surface area contributed by atoms with Crippen molar-refractivity contribution >= 4 is 56.1 Å². The number of halogens is 2. The number of hydrogen-bond donors (Lipinski definition) is 2. The van der Waals surface area contributed by atoms with E-state index in [1.54, 1.807) is 0 Å². The van der Waals surface area contributed by atoms with E-state index in [9.17, 15) is 0 Å². The van der Waals surface area contributed by atoms with Crippen molar-refractivity contribution in [2.45, 2.75) is 0 Å². The lowest BCUT2D eigenvalue weighted by Crippen LogP contribution is -2.11. The summed E-state index contributed by atoms with van der Waals surface area (Å²) in [6.45, 7) is 0. The molecule has 0 heterocycles. The Hall–Kier alpha value is -1.10. The molecule has 0 amide bonds. The first-order chi connectivity index (χ1) is 8.56. The third-order valence-corrected chi connectivity index (χ3v) is 3.30. The van der Waals surface area contributed by atoms with Crippen LogP contribution in [-0.2, 0) is 0 Å². The van der Waals surface area contributed by atoms with Crippen LogP contribution in [0.15, 0.2) is 46.9 Å². The molecule has 0 atom stereocenters. The van der Waals surface area contributed by atoms with E-state index >= 15 is 0 Å². The van der Waals surface area contributed by atoms with Gasteiger partial charge < -0.3 is 11.1 Å². The van der Waals surface area contributed by atoms with Crippen LogP contribution in [0.4, 0.5) is 11.4 Å². The van der Waals surface area contributed by atoms with Crippen molar-refractivity contribution < 1.29 is 0 Å². The normalized spacial score (nSPS) is 10.1. The van der Waals surface area contributed by atoms with Gasteiger partial charge in [0.05, 0.1) is 0 Å². The fraction of sp³-hybridized carbons (Fsp3) is 0. The lowest BCUT2D eigenvalue weighted by atomic mass is 10.1. The van der Waals surface area contributed by atoms with E-state index in [0.717, 1.165) is 21.4 Å². The predicted octanol–water partition coefficient (Wildman–Crippen LogP) is 4.48. The molecule has 2 rings (SSSR count). The summed E-state index contributed by atoms with van der Waals surface area (Å²) in [5.74, 6) is 0. The van der Waals surface area contributed by atoms with Crippen molar-refractivity contribution in [3.63, 3.8) is 0 Å². The van der Waals surface area contributed by atoms with E-state index in [-0.39, 0.29) is 0 Å². The Morgan fingerprint density at radius 1 is 1.22 bits per heavy atom. The molecule has 0 saturated heterocycles. The second kappa shape index (κ2) is 5.69. The summed E-state index contributed by atoms with van der Waals surface area (Å²) >= 11 is 14.4. The van der Waals surface area contributed by atoms with Gasteiger partial charge in [-0.3, -0.25) is 0 Å². The Kier molecular flexibility index (Phi) is 4.22. The van der Waals surface area contributed by atoms with Gasteiger partial charge in [-0.15, -0.1) is 0 Å². The predicted molar refractivity (Wildman–Crippen MR) is 84.8 cm³/mol. The van der Waals surface area contributed by atoms with Crippen LogP contribution < -0.4 is 11.1 Å². The van der Waals surface area contributed by atoms with E-state index in [1.165, 1.54) is 0 Å². The SMILES string of the molecule is NC(=S)c1ccc(Br)cc1Nc1cccc(Cl)c1. The lowest BCUT2D eigenvalue weighted by Gasteiger charge is -2.12. The van der Waals surface area contributed by atoms with Crippen LogP contribution >= 0.6 is 39.7 Å². The molecule has 18 heavy (non-hydrogen) atoms. The average molecular weight is 342 g/mol. The van der Waals surface area contributed by atoms with Gasteiger partial charge in [0.25, 0.3) is 0 Å². The van der Waals surface area contributed by atoms with Crippen LogP contribution in [0.1, 0.15) is 5.56 Å². The number of rotatable bonds is 3. The summed E-state index contributed by atoms with van der Waals surface area (Å²) in [7, 11) is 0. The van der Waals surface area contributed by atoms with Crippen LogP contribution in [0.25, 0.3) is 0 Å². The molecule has 0 spiro atoms. The zero-order valence-electron chi connectivity index (χ0n) is 9.28. The Bertz CT molecular complexity index is 601. The molecule has 0 bridgehead atoms. The molecule has 0 aliphatic rings. The van der Waals surface area contributed by atoms with Crippen LogP contribution in [0.5, 0.6) is 0 Å². The first-order valence-corrected chi connectivity index (χ1v) is 6.76. The Morgan fingerprint density at radius 3 is 2.67 bits per heavy atom. The lowest BCUT2D eigenvalue weighted by molar-refractivity contribution is 1.51. The van der Waals surface area contributed by atoms with Crippen LogP contribution in [0.2, 0.25) is 5.02 Å². The molecule has 0 unspecified atom stereocenters.